The summed E-state index contributed by atoms with van der Waals surface area (Å²) in [4.78, 5) is 5.08. The number of nitrogens with zero attached hydrogens (tertiary/aromatic N) is 2. The van der Waals surface area contributed by atoms with E-state index in [1.165, 1.54) is 5.56 Å². The molecular weight excluding hydrogens is 300 g/mol. The second kappa shape index (κ2) is 6.69. The first-order valence-corrected chi connectivity index (χ1v) is 7.73. The standard InChI is InChI=1S/C16H23BrN2/c1-4-8-18-10-14(3)19(11-13(18)2)12-15-6-5-7-16(17)9-15/h4-7,9,13-14H,1,8,10-12H2,2-3H3/t13-,14+/m1/s1. The van der Waals surface area contributed by atoms with E-state index in [9.17, 15) is 0 Å². The second-order valence-corrected chi connectivity index (χ2v) is 6.42. The van der Waals surface area contributed by atoms with Crippen molar-refractivity contribution in [3.8, 4) is 0 Å². The maximum absolute atomic E-state index is 3.85. The van der Waals surface area contributed by atoms with Gasteiger partial charge in [-0.2, -0.15) is 0 Å². The van der Waals surface area contributed by atoms with E-state index in [1.807, 2.05) is 6.08 Å². The van der Waals surface area contributed by atoms with E-state index in [-0.39, 0.29) is 0 Å². The molecule has 1 saturated heterocycles. The quantitative estimate of drug-likeness (QED) is 0.782. The van der Waals surface area contributed by atoms with Crippen LogP contribution in [0.3, 0.4) is 0 Å². The molecule has 1 aromatic carbocycles. The number of hydrogen-bond acceptors (Lipinski definition) is 2. The Labute approximate surface area is 125 Å². The van der Waals surface area contributed by atoms with Crippen LogP contribution < -0.4 is 0 Å². The van der Waals surface area contributed by atoms with Crippen molar-refractivity contribution in [1.82, 2.24) is 9.80 Å². The first-order valence-electron chi connectivity index (χ1n) is 6.93. The van der Waals surface area contributed by atoms with Crippen molar-refractivity contribution in [3.05, 3.63) is 47.0 Å². The van der Waals surface area contributed by atoms with Crippen molar-refractivity contribution in [1.29, 1.82) is 0 Å². The average molecular weight is 323 g/mol. The smallest absolute Gasteiger partial charge is 0.0238 e. The third kappa shape index (κ3) is 3.91. The number of hydrogen-bond donors (Lipinski definition) is 0. The summed E-state index contributed by atoms with van der Waals surface area (Å²) in [7, 11) is 0. The van der Waals surface area contributed by atoms with Gasteiger partial charge in [-0.15, -0.1) is 6.58 Å². The largest absolute Gasteiger partial charge is 0.294 e. The van der Waals surface area contributed by atoms with Crippen LogP contribution in [0, 0.1) is 0 Å². The lowest BCUT2D eigenvalue weighted by Crippen LogP contribution is -2.55. The van der Waals surface area contributed by atoms with Gasteiger partial charge >= 0.3 is 0 Å². The molecule has 0 radical (unpaired) electrons. The molecule has 1 heterocycles. The van der Waals surface area contributed by atoms with Crippen LogP contribution >= 0.6 is 15.9 Å². The van der Waals surface area contributed by atoms with Crippen LogP contribution in [-0.2, 0) is 6.54 Å². The fourth-order valence-electron chi connectivity index (χ4n) is 2.78. The molecule has 0 bridgehead atoms. The topological polar surface area (TPSA) is 6.48 Å². The van der Waals surface area contributed by atoms with E-state index in [0.29, 0.717) is 12.1 Å². The monoisotopic (exact) mass is 322 g/mol. The summed E-state index contributed by atoms with van der Waals surface area (Å²) in [6, 6.07) is 9.81. The van der Waals surface area contributed by atoms with Gasteiger partial charge < -0.3 is 0 Å². The lowest BCUT2D eigenvalue weighted by Gasteiger charge is -2.44. The molecular formula is C16H23BrN2. The molecule has 104 valence electrons. The molecule has 0 spiro atoms. The van der Waals surface area contributed by atoms with Gasteiger partial charge in [0.2, 0.25) is 0 Å². The van der Waals surface area contributed by atoms with Crippen molar-refractivity contribution in [2.24, 2.45) is 0 Å². The van der Waals surface area contributed by atoms with Crippen LogP contribution in [0.5, 0.6) is 0 Å². The highest BCUT2D eigenvalue weighted by Crippen LogP contribution is 2.19. The number of halogens is 1. The fourth-order valence-corrected chi connectivity index (χ4v) is 3.23. The third-order valence-electron chi connectivity index (χ3n) is 3.88. The normalized spacial score (nSPS) is 25.4. The minimum absolute atomic E-state index is 0.593. The Bertz CT molecular complexity index is 433. The molecule has 0 aliphatic carbocycles. The van der Waals surface area contributed by atoms with Crippen LogP contribution in [0.15, 0.2) is 41.4 Å². The number of piperazine rings is 1. The van der Waals surface area contributed by atoms with Gasteiger partial charge in [-0.25, -0.2) is 0 Å². The molecule has 2 rings (SSSR count). The van der Waals surface area contributed by atoms with Crippen LogP contribution in [-0.4, -0.2) is 41.5 Å². The molecule has 2 atom stereocenters. The van der Waals surface area contributed by atoms with E-state index < -0.39 is 0 Å². The van der Waals surface area contributed by atoms with Crippen LogP contribution in [0.2, 0.25) is 0 Å². The maximum atomic E-state index is 3.85. The van der Waals surface area contributed by atoms with Crippen LogP contribution in [0.1, 0.15) is 19.4 Å². The average Bonchev–Trinajstić information content (AvgIpc) is 2.36. The highest BCUT2D eigenvalue weighted by Gasteiger charge is 2.27. The maximum Gasteiger partial charge on any atom is 0.0238 e. The van der Waals surface area contributed by atoms with Crippen molar-refractivity contribution < 1.29 is 0 Å². The predicted molar refractivity (Wildman–Crippen MR) is 85.2 cm³/mol. The second-order valence-electron chi connectivity index (χ2n) is 5.50. The van der Waals surface area contributed by atoms with Gasteiger partial charge in [-0.1, -0.05) is 34.1 Å². The Kier molecular flexibility index (Phi) is 5.20. The number of benzene rings is 1. The zero-order chi connectivity index (χ0) is 13.8. The first-order chi connectivity index (χ1) is 9.10. The highest BCUT2D eigenvalue weighted by atomic mass is 79.9. The third-order valence-corrected chi connectivity index (χ3v) is 4.38. The van der Waals surface area contributed by atoms with Crippen molar-refractivity contribution >= 4 is 15.9 Å². The molecule has 0 unspecified atom stereocenters. The molecule has 1 fully saturated rings. The van der Waals surface area contributed by atoms with E-state index in [1.54, 1.807) is 0 Å². The highest BCUT2D eigenvalue weighted by molar-refractivity contribution is 9.10. The minimum Gasteiger partial charge on any atom is -0.294 e. The van der Waals surface area contributed by atoms with Gasteiger partial charge in [-0.3, -0.25) is 9.80 Å². The molecule has 1 aliphatic rings. The van der Waals surface area contributed by atoms with Gasteiger partial charge in [0.15, 0.2) is 0 Å². The summed E-state index contributed by atoms with van der Waals surface area (Å²) >= 11 is 3.55. The van der Waals surface area contributed by atoms with E-state index in [0.717, 1.165) is 30.7 Å². The molecule has 0 saturated carbocycles. The Balaban J connectivity index is 2.00. The fraction of sp³-hybridized carbons (Fsp3) is 0.500. The molecule has 1 aromatic rings. The lowest BCUT2D eigenvalue weighted by atomic mass is 10.1. The van der Waals surface area contributed by atoms with E-state index in [2.05, 4.69) is 70.4 Å². The molecule has 19 heavy (non-hydrogen) atoms. The van der Waals surface area contributed by atoms with Crippen LogP contribution in [0.4, 0.5) is 0 Å². The Morgan fingerprint density at radius 1 is 1.26 bits per heavy atom. The van der Waals surface area contributed by atoms with Crippen LogP contribution in [0.25, 0.3) is 0 Å². The first kappa shape index (κ1) is 14.8. The Morgan fingerprint density at radius 3 is 2.63 bits per heavy atom. The Hall–Kier alpha value is -0.640. The summed E-state index contributed by atoms with van der Waals surface area (Å²) in [5, 5.41) is 0. The van der Waals surface area contributed by atoms with Crippen molar-refractivity contribution in [2.75, 3.05) is 19.6 Å². The van der Waals surface area contributed by atoms with Gasteiger partial charge in [-0.05, 0) is 31.5 Å². The van der Waals surface area contributed by atoms with Gasteiger partial charge in [0.05, 0.1) is 0 Å². The summed E-state index contributed by atoms with van der Waals surface area (Å²) in [5.74, 6) is 0. The summed E-state index contributed by atoms with van der Waals surface area (Å²) in [5.41, 5.74) is 1.38. The van der Waals surface area contributed by atoms with Gasteiger partial charge in [0, 0.05) is 42.7 Å². The molecule has 0 aromatic heterocycles. The van der Waals surface area contributed by atoms with E-state index >= 15 is 0 Å². The molecule has 3 heteroatoms. The van der Waals surface area contributed by atoms with E-state index in [4.69, 9.17) is 0 Å². The molecule has 0 N–H and O–H groups in total. The summed E-state index contributed by atoms with van der Waals surface area (Å²) in [6.45, 7) is 12.8. The SMILES string of the molecule is C=CCN1C[C@H](C)N(Cc2cccc(Br)c2)C[C@H]1C. The van der Waals surface area contributed by atoms with Gasteiger partial charge in [0.1, 0.15) is 0 Å². The summed E-state index contributed by atoms with van der Waals surface area (Å²) < 4.78 is 1.16. The Morgan fingerprint density at radius 2 is 1.95 bits per heavy atom. The molecule has 2 nitrogen and oxygen atoms in total. The van der Waals surface area contributed by atoms with Crippen molar-refractivity contribution in [2.45, 2.75) is 32.5 Å². The number of rotatable bonds is 4. The minimum atomic E-state index is 0.593. The lowest BCUT2D eigenvalue weighted by molar-refractivity contribution is 0.0452. The van der Waals surface area contributed by atoms with Gasteiger partial charge in [0.25, 0.3) is 0 Å². The zero-order valence-electron chi connectivity index (χ0n) is 11.8. The van der Waals surface area contributed by atoms with Crippen molar-refractivity contribution in [3.63, 3.8) is 0 Å². The molecule has 0 amide bonds. The predicted octanol–water partition coefficient (Wildman–Crippen LogP) is 3.53. The molecule has 1 aliphatic heterocycles. The summed E-state index contributed by atoms with van der Waals surface area (Å²) in [6.07, 6.45) is 2.01. The zero-order valence-corrected chi connectivity index (χ0v) is 13.4.